The Labute approximate surface area is 125 Å². The average Bonchev–Trinajstić information content (AvgIpc) is 2.65. The number of aliphatic carboxylic acids is 1. The number of rotatable bonds is 7. The van der Waals surface area contributed by atoms with Crippen LogP contribution in [-0.4, -0.2) is 36.1 Å². The zero-order valence-corrected chi connectivity index (χ0v) is 12.7. The summed E-state index contributed by atoms with van der Waals surface area (Å²) in [5.74, 6) is -1.55. The Kier molecular flexibility index (Phi) is 7.19. The highest BCUT2D eigenvalue weighted by Crippen LogP contribution is 2.38. The fourth-order valence-electron chi connectivity index (χ4n) is 2.78. The number of carbonyl (C=O) groups excluding carboxylic acids is 2. The van der Waals surface area contributed by atoms with Crippen molar-refractivity contribution in [2.45, 2.75) is 58.3 Å². The average molecular weight is 299 g/mol. The normalized spacial score (nSPS) is 17.6. The molecule has 0 atom stereocenters. The highest BCUT2D eigenvalue weighted by Gasteiger charge is 2.40. The van der Waals surface area contributed by atoms with Crippen molar-refractivity contribution in [2.24, 2.45) is 5.41 Å². The molecule has 0 bridgehead atoms. The van der Waals surface area contributed by atoms with Crippen LogP contribution in [0.4, 0.5) is 0 Å². The summed E-state index contributed by atoms with van der Waals surface area (Å²) in [6.45, 7) is 2.22. The number of hydrogen-bond acceptors (Lipinski definition) is 4. The topological polar surface area (TPSA) is 92.7 Å². The van der Waals surface area contributed by atoms with Gasteiger partial charge >= 0.3 is 11.9 Å². The lowest BCUT2D eigenvalue weighted by atomic mass is 9.77. The lowest BCUT2D eigenvalue weighted by molar-refractivity contribution is -0.153. The Bertz CT molecular complexity index is 372. The first kappa shape index (κ1) is 17.5. The summed E-state index contributed by atoms with van der Waals surface area (Å²) < 4.78 is 4.76. The molecule has 1 amide bonds. The van der Waals surface area contributed by atoms with E-state index < -0.39 is 11.4 Å². The summed E-state index contributed by atoms with van der Waals surface area (Å²) >= 11 is 0. The lowest BCUT2D eigenvalue weighted by Gasteiger charge is -2.27. The van der Waals surface area contributed by atoms with E-state index in [9.17, 15) is 19.5 Å². The Morgan fingerprint density at radius 2 is 1.76 bits per heavy atom. The van der Waals surface area contributed by atoms with Crippen molar-refractivity contribution >= 4 is 17.8 Å². The van der Waals surface area contributed by atoms with Crippen molar-refractivity contribution in [1.29, 1.82) is 0 Å². The first-order valence-electron chi connectivity index (χ1n) is 7.66. The van der Waals surface area contributed by atoms with Gasteiger partial charge in [0.2, 0.25) is 5.91 Å². The predicted octanol–water partition coefficient (Wildman–Crippen LogP) is 1.87. The zero-order chi connectivity index (χ0) is 15.7. The van der Waals surface area contributed by atoms with Crippen LogP contribution >= 0.6 is 0 Å². The van der Waals surface area contributed by atoms with Crippen LogP contribution in [-0.2, 0) is 19.1 Å². The van der Waals surface area contributed by atoms with E-state index in [0.717, 1.165) is 25.7 Å². The first-order valence-corrected chi connectivity index (χ1v) is 7.66. The Morgan fingerprint density at radius 3 is 2.29 bits per heavy atom. The molecule has 0 aromatic carbocycles. The molecule has 120 valence electrons. The third kappa shape index (κ3) is 5.73. The molecule has 6 heteroatoms. The van der Waals surface area contributed by atoms with Crippen molar-refractivity contribution in [1.82, 2.24) is 5.32 Å². The smallest absolute Gasteiger partial charge is 0.310 e. The highest BCUT2D eigenvalue weighted by atomic mass is 16.5. The van der Waals surface area contributed by atoms with E-state index in [-0.39, 0.29) is 31.3 Å². The molecule has 2 N–H and O–H groups in total. The Morgan fingerprint density at radius 1 is 1.14 bits per heavy atom. The molecule has 0 aromatic heterocycles. The van der Waals surface area contributed by atoms with Gasteiger partial charge in [-0.1, -0.05) is 25.7 Å². The van der Waals surface area contributed by atoms with Gasteiger partial charge in [0.05, 0.1) is 18.4 Å². The van der Waals surface area contributed by atoms with Crippen LogP contribution in [0.2, 0.25) is 0 Å². The maximum atomic E-state index is 11.9. The highest BCUT2D eigenvalue weighted by molar-refractivity contribution is 5.85. The second-order valence-electron chi connectivity index (χ2n) is 5.58. The van der Waals surface area contributed by atoms with Gasteiger partial charge in [0, 0.05) is 13.0 Å². The van der Waals surface area contributed by atoms with Gasteiger partial charge in [0.25, 0.3) is 0 Å². The number of nitrogens with one attached hydrogen (secondary N) is 1. The van der Waals surface area contributed by atoms with Crippen LogP contribution < -0.4 is 5.32 Å². The molecule has 1 aliphatic rings. The number of carboxylic acid groups (broad SMARTS) is 1. The summed E-state index contributed by atoms with van der Waals surface area (Å²) in [7, 11) is 0. The van der Waals surface area contributed by atoms with Gasteiger partial charge < -0.3 is 15.2 Å². The zero-order valence-electron chi connectivity index (χ0n) is 12.7. The van der Waals surface area contributed by atoms with Gasteiger partial charge in [0.1, 0.15) is 0 Å². The van der Waals surface area contributed by atoms with E-state index in [4.69, 9.17) is 4.74 Å². The van der Waals surface area contributed by atoms with Crippen LogP contribution in [0.25, 0.3) is 0 Å². The maximum absolute atomic E-state index is 11.9. The molecule has 0 unspecified atom stereocenters. The van der Waals surface area contributed by atoms with E-state index in [1.807, 2.05) is 0 Å². The fraction of sp³-hybridized carbons (Fsp3) is 0.800. The summed E-state index contributed by atoms with van der Waals surface area (Å²) in [4.78, 5) is 34.7. The molecule has 1 rings (SSSR count). The third-order valence-electron chi connectivity index (χ3n) is 3.97. The van der Waals surface area contributed by atoms with E-state index in [0.29, 0.717) is 19.4 Å². The minimum absolute atomic E-state index is 0.00877. The van der Waals surface area contributed by atoms with Gasteiger partial charge in [-0.15, -0.1) is 0 Å². The molecule has 0 heterocycles. The molecule has 0 radical (unpaired) electrons. The predicted molar refractivity (Wildman–Crippen MR) is 76.6 cm³/mol. The second-order valence-corrected chi connectivity index (χ2v) is 5.58. The van der Waals surface area contributed by atoms with Crippen LogP contribution in [0.15, 0.2) is 0 Å². The summed E-state index contributed by atoms with van der Waals surface area (Å²) in [6.07, 6.45) is 4.95. The standard InChI is InChI=1S/C15H25NO5/c1-2-21-13(18)7-10-16-12(17)11-15(14(19)20)8-5-3-4-6-9-15/h2-11H2,1H3,(H,16,17)(H,19,20). The lowest BCUT2D eigenvalue weighted by Crippen LogP contribution is -2.38. The van der Waals surface area contributed by atoms with Gasteiger partial charge in [-0.3, -0.25) is 14.4 Å². The summed E-state index contributed by atoms with van der Waals surface area (Å²) in [6, 6.07) is 0. The SMILES string of the molecule is CCOC(=O)CCNC(=O)CC1(C(=O)O)CCCCCC1. The number of amides is 1. The number of esters is 1. The van der Waals surface area contributed by atoms with E-state index in [2.05, 4.69) is 5.32 Å². The number of carboxylic acids is 1. The molecule has 0 spiro atoms. The van der Waals surface area contributed by atoms with Crippen molar-refractivity contribution in [3.8, 4) is 0 Å². The van der Waals surface area contributed by atoms with E-state index >= 15 is 0 Å². The van der Waals surface area contributed by atoms with E-state index in [1.54, 1.807) is 6.92 Å². The van der Waals surface area contributed by atoms with Gasteiger partial charge in [0.15, 0.2) is 0 Å². The fourth-order valence-corrected chi connectivity index (χ4v) is 2.78. The molecule has 0 aliphatic heterocycles. The molecular weight excluding hydrogens is 274 g/mol. The van der Waals surface area contributed by atoms with Gasteiger partial charge in [-0.2, -0.15) is 0 Å². The first-order chi connectivity index (χ1) is 10.00. The summed E-state index contributed by atoms with van der Waals surface area (Å²) in [5, 5.41) is 12.1. The van der Waals surface area contributed by atoms with Crippen LogP contribution in [0.5, 0.6) is 0 Å². The molecule has 1 aliphatic carbocycles. The van der Waals surface area contributed by atoms with Gasteiger partial charge in [-0.25, -0.2) is 0 Å². The van der Waals surface area contributed by atoms with Crippen LogP contribution in [0.3, 0.4) is 0 Å². The minimum Gasteiger partial charge on any atom is -0.481 e. The maximum Gasteiger partial charge on any atom is 0.310 e. The van der Waals surface area contributed by atoms with Crippen molar-refractivity contribution in [3.63, 3.8) is 0 Å². The Balaban J connectivity index is 2.45. The molecule has 0 aromatic rings. The molecule has 0 saturated heterocycles. The van der Waals surface area contributed by atoms with E-state index in [1.165, 1.54) is 0 Å². The molecule has 21 heavy (non-hydrogen) atoms. The summed E-state index contributed by atoms with van der Waals surface area (Å²) in [5.41, 5.74) is -0.940. The minimum atomic E-state index is -0.940. The van der Waals surface area contributed by atoms with Crippen molar-refractivity contribution in [3.05, 3.63) is 0 Å². The molecular formula is C15H25NO5. The number of ether oxygens (including phenoxy) is 1. The van der Waals surface area contributed by atoms with Crippen molar-refractivity contribution in [2.75, 3.05) is 13.2 Å². The number of hydrogen-bond donors (Lipinski definition) is 2. The molecule has 6 nitrogen and oxygen atoms in total. The molecule has 1 fully saturated rings. The number of carbonyl (C=O) groups is 3. The van der Waals surface area contributed by atoms with Crippen molar-refractivity contribution < 1.29 is 24.2 Å². The van der Waals surface area contributed by atoms with Crippen LogP contribution in [0, 0.1) is 5.41 Å². The second kappa shape index (κ2) is 8.64. The quantitative estimate of drug-likeness (QED) is 0.553. The van der Waals surface area contributed by atoms with Crippen LogP contribution in [0.1, 0.15) is 58.3 Å². The largest absolute Gasteiger partial charge is 0.481 e. The monoisotopic (exact) mass is 299 g/mol. The Hall–Kier alpha value is -1.59. The molecule has 1 saturated carbocycles. The third-order valence-corrected chi connectivity index (χ3v) is 3.97. The van der Waals surface area contributed by atoms with Gasteiger partial charge in [-0.05, 0) is 19.8 Å².